The van der Waals surface area contributed by atoms with Gasteiger partial charge in [-0.25, -0.2) is 10.1 Å². The Bertz CT molecular complexity index is 285. The second kappa shape index (κ2) is 4.58. The molecule has 3 amide bonds. The number of alkyl halides is 3. The van der Waals surface area contributed by atoms with Crippen molar-refractivity contribution < 1.29 is 22.8 Å². The molecule has 0 unspecified atom stereocenters. The summed E-state index contributed by atoms with van der Waals surface area (Å²) >= 11 is 0. The maximum absolute atomic E-state index is 11.8. The number of nitrogens with one attached hydrogen (secondary N) is 1. The van der Waals surface area contributed by atoms with Gasteiger partial charge in [0.2, 0.25) is 5.91 Å². The van der Waals surface area contributed by atoms with E-state index in [9.17, 15) is 22.8 Å². The fraction of sp³-hybridized carbons (Fsp3) is 0.750. The van der Waals surface area contributed by atoms with Gasteiger partial charge in [0, 0.05) is 19.0 Å². The maximum atomic E-state index is 11.8. The van der Waals surface area contributed by atoms with Crippen LogP contribution < -0.4 is 11.1 Å². The summed E-state index contributed by atoms with van der Waals surface area (Å²) in [6.07, 6.45) is -4.11. The molecule has 0 aromatic heterocycles. The van der Waals surface area contributed by atoms with Crippen molar-refractivity contribution in [2.75, 3.05) is 13.1 Å². The summed E-state index contributed by atoms with van der Waals surface area (Å²) in [7, 11) is 0. The molecule has 1 rings (SSSR count). The first-order valence-electron chi connectivity index (χ1n) is 4.73. The molecule has 0 aliphatic carbocycles. The van der Waals surface area contributed by atoms with E-state index in [1.807, 2.05) is 0 Å². The molecule has 92 valence electrons. The minimum absolute atomic E-state index is 0.107. The zero-order valence-corrected chi connectivity index (χ0v) is 8.38. The molecule has 16 heavy (non-hydrogen) atoms. The molecule has 0 spiro atoms. The monoisotopic (exact) mass is 239 g/mol. The Morgan fingerprint density at radius 2 is 1.75 bits per heavy atom. The molecule has 1 aliphatic heterocycles. The molecule has 1 fully saturated rings. The van der Waals surface area contributed by atoms with Crippen molar-refractivity contribution in [2.45, 2.75) is 19.1 Å². The molecule has 5 nitrogen and oxygen atoms in total. The van der Waals surface area contributed by atoms with Crippen LogP contribution in [-0.2, 0) is 4.79 Å². The first-order valence-corrected chi connectivity index (χ1v) is 4.73. The molecule has 0 saturated carbocycles. The number of likely N-dealkylation sites (tertiary alicyclic amines) is 1. The van der Waals surface area contributed by atoms with Gasteiger partial charge in [-0.1, -0.05) is 0 Å². The van der Waals surface area contributed by atoms with E-state index in [2.05, 4.69) is 0 Å². The quantitative estimate of drug-likeness (QED) is 0.650. The molecule has 0 radical (unpaired) electrons. The number of hydrogen-bond donors (Lipinski definition) is 2. The molecule has 0 bridgehead atoms. The van der Waals surface area contributed by atoms with Gasteiger partial charge in [0.25, 0.3) is 0 Å². The molecule has 0 aromatic carbocycles. The van der Waals surface area contributed by atoms with Gasteiger partial charge in [-0.05, 0) is 12.8 Å². The third kappa shape index (κ3) is 3.59. The van der Waals surface area contributed by atoms with Gasteiger partial charge >= 0.3 is 12.3 Å². The number of carbonyl (C=O) groups excluding carboxylic acids is 2. The zero-order valence-electron chi connectivity index (χ0n) is 8.38. The second-order valence-electron chi connectivity index (χ2n) is 3.59. The summed E-state index contributed by atoms with van der Waals surface area (Å²) in [4.78, 5) is 22.9. The van der Waals surface area contributed by atoms with Crippen LogP contribution in [0.3, 0.4) is 0 Å². The number of amides is 3. The highest BCUT2D eigenvalue weighted by Gasteiger charge is 2.34. The molecule has 1 saturated heterocycles. The number of halogens is 3. The molecular formula is C8H12F3N3O2. The lowest BCUT2D eigenvalue weighted by molar-refractivity contribution is -0.148. The van der Waals surface area contributed by atoms with Gasteiger partial charge < -0.3 is 10.6 Å². The van der Waals surface area contributed by atoms with Crippen LogP contribution in [0.15, 0.2) is 0 Å². The van der Waals surface area contributed by atoms with E-state index >= 15 is 0 Å². The lowest BCUT2D eigenvalue weighted by atomic mass is 9.96. The van der Waals surface area contributed by atoms with Crippen LogP contribution in [0.4, 0.5) is 18.0 Å². The van der Waals surface area contributed by atoms with Gasteiger partial charge in [0.15, 0.2) is 0 Å². The second-order valence-corrected chi connectivity index (χ2v) is 3.59. The predicted molar refractivity (Wildman–Crippen MR) is 48.1 cm³/mol. The lowest BCUT2D eigenvalue weighted by Gasteiger charge is -2.30. The fourth-order valence-corrected chi connectivity index (χ4v) is 1.57. The van der Waals surface area contributed by atoms with Crippen LogP contribution in [0.1, 0.15) is 12.8 Å². The highest BCUT2D eigenvalue weighted by molar-refractivity contribution is 5.78. The summed E-state index contributed by atoms with van der Waals surface area (Å²) in [6, 6.07) is -1.18. The minimum Gasteiger partial charge on any atom is -0.369 e. The Morgan fingerprint density at radius 1 is 1.25 bits per heavy atom. The van der Waals surface area contributed by atoms with E-state index in [1.165, 1.54) is 0 Å². The largest absolute Gasteiger partial charge is 0.485 e. The van der Waals surface area contributed by atoms with Crippen molar-refractivity contribution in [1.82, 2.24) is 10.2 Å². The van der Waals surface area contributed by atoms with Crippen molar-refractivity contribution in [1.29, 1.82) is 0 Å². The van der Waals surface area contributed by atoms with Crippen LogP contribution in [0.2, 0.25) is 0 Å². The number of carbonyl (C=O) groups is 2. The van der Waals surface area contributed by atoms with Crippen LogP contribution in [0.5, 0.6) is 0 Å². The Kier molecular flexibility index (Phi) is 3.61. The number of hydrogen-bond acceptors (Lipinski definition) is 2. The molecule has 8 heteroatoms. The van der Waals surface area contributed by atoms with Gasteiger partial charge in [0.1, 0.15) is 0 Å². The summed E-state index contributed by atoms with van der Waals surface area (Å²) < 4.78 is 35.5. The summed E-state index contributed by atoms with van der Waals surface area (Å²) in [5, 5.41) is 0.904. The third-order valence-corrected chi connectivity index (χ3v) is 2.43. The Morgan fingerprint density at radius 3 is 2.12 bits per heavy atom. The first-order chi connectivity index (χ1) is 7.29. The van der Waals surface area contributed by atoms with Crippen molar-refractivity contribution in [3.8, 4) is 0 Å². The Balaban J connectivity index is 2.42. The zero-order chi connectivity index (χ0) is 12.3. The van der Waals surface area contributed by atoms with E-state index in [1.54, 1.807) is 0 Å². The molecule has 3 N–H and O–H groups in total. The number of nitrogens with two attached hydrogens (primary N) is 1. The number of nitrogens with zero attached hydrogens (tertiary/aromatic N) is 1. The Hall–Kier alpha value is -1.47. The molecule has 0 aromatic rings. The fourth-order valence-electron chi connectivity index (χ4n) is 1.57. The normalized spacial score (nSPS) is 18.3. The average molecular weight is 239 g/mol. The van der Waals surface area contributed by atoms with Gasteiger partial charge in [-0.3, -0.25) is 4.79 Å². The Labute approximate surface area is 89.8 Å². The van der Waals surface area contributed by atoms with Crippen molar-refractivity contribution >= 4 is 11.9 Å². The van der Waals surface area contributed by atoms with Crippen LogP contribution in [0, 0.1) is 5.92 Å². The van der Waals surface area contributed by atoms with Crippen molar-refractivity contribution in [2.24, 2.45) is 11.7 Å². The van der Waals surface area contributed by atoms with Crippen molar-refractivity contribution in [3.63, 3.8) is 0 Å². The predicted octanol–water partition coefficient (Wildman–Crippen LogP) is 0.413. The van der Waals surface area contributed by atoms with Crippen LogP contribution in [-0.4, -0.2) is 36.2 Å². The highest BCUT2D eigenvalue weighted by atomic mass is 19.4. The van der Waals surface area contributed by atoms with Crippen LogP contribution in [0.25, 0.3) is 0 Å². The third-order valence-electron chi connectivity index (χ3n) is 2.43. The minimum atomic E-state index is -4.72. The summed E-state index contributed by atoms with van der Waals surface area (Å²) in [6.45, 7) is 0.213. The van der Waals surface area contributed by atoms with E-state index in [0.29, 0.717) is 12.8 Å². The van der Waals surface area contributed by atoms with Gasteiger partial charge in [-0.15, -0.1) is 0 Å². The number of rotatable bonds is 1. The topological polar surface area (TPSA) is 75.4 Å². The SMILES string of the molecule is NC(=O)C1CCN(C(=O)NC(F)(F)F)CC1. The number of primary amides is 1. The van der Waals surface area contributed by atoms with E-state index < -0.39 is 18.2 Å². The maximum Gasteiger partial charge on any atom is 0.485 e. The van der Waals surface area contributed by atoms with Crippen LogP contribution >= 0.6 is 0 Å². The lowest BCUT2D eigenvalue weighted by Crippen LogP contribution is -2.50. The number of piperidine rings is 1. The van der Waals surface area contributed by atoms with Gasteiger partial charge in [-0.2, -0.15) is 13.2 Å². The number of urea groups is 1. The van der Waals surface area contributed by atoms with E-state index in [-0.39, 0.29) is 19.0 Å². The summed E-state index contributed by atoms with van der Waals surface area (Å²) in [5.41, 5.74) is 5.05. The summed E-state index contributed by atoms with van der Waals surface area (Å²) in [5.74, 6) is -0.828. The average Bonchev–Trinajstić information content (AvgIpc) is 2.15. The van der Waals surface area contributed by atoms with Crippen molar-refractivity contribution in [3.05, 3.63) is 0 Å². The molecule has 0 atom stereocenters. The van der Waals surface area contributed by atoms with Gasteiger partial charge in [0.05, 0.1) is 0 Å². The van der Waals surface area contributed by atoms with E-state index in [4.69, 9.17) is 5.73 Å². The first kappa shape index (κ1) is 12.6. The molecular weight excluding hydrogens is 227 g/mol. The molecule has 1 aliphatic rings. The highest BCUT2D eigenvalue weighted by Crippen LogP contribution is 2.18. The molecule has 1 heterocycles. The smallest absolute Gasteiger partial charge is 0.369 e. The standard InChI is InChI=1S/C8H12F3N3O2/c9-8(10,11)13-7(16)14-3-1-5(2-4-14)6(12)15/h5H,1-4H2,(H2,12,15)(H,13,16). The van der Waals surface area contributed by atoms with E-state index in [0.717, 1.165) is 10.2 Å².